The molecule has 1 saturated heterocycles. The highest BCUT2D eigenvalue weighted by molar-refractivity contribution is 7.67. The second-order valence-corrected chi connectivity index (χ2v) is 14.2. The Labute approximate surface area is 246 Å². The topological polar surface area (TPSA) is 153 Å². The van der Waals surface area contributed by atoms with Gasteiger partial charge in [0.1, 0.15) is 24.5 Å². The van der Waals surface area contributed by atoms with Crippen LogP contribution in [0.3, 0.4) is 0 Å². The summed E-state index contributed by atoms with van der Waals surface area (Å²) in [5, 5.41) is 14.2. The third kappa shape index (κ3) is 14.2. The number of aliphatic hydroxyl groups excluding tert-OH is 1. The zero-order chi connectivity index (χ0) is 30.4. The van der Waals surface area contributed by atoms with E-state index in [1.165, 1.54) is 12.5 Å². The van der Waals surface area contributed by atoms with Crippen LogP contribution in [0, 0.1) is 5.92 Å². The van der Waals surface area contributed by atoms with Gasteiger partial charge in [-0.15, -0.1) is 0 Å². The zero-order valence-electron chi connectivity index (χ0n) is 25.3. The van der Waals surface area contributed by atoms with E-state index in [9.17, 15) is 29.3 Å². The average Bonchev–Trinajstić information content (AvgIpc) is 2.92. The number of hydrogen-bond donors (Lipinski definition) is 5. The number of rotatable bonds is 14. The molecule has 0 saturated carbocycles. The average molecular weight is 595 g/mol. The van der Waals surface area contributed by atoms with Crippen LogP contribution in [0.5, 0.6) is 0 Å². The zero-order valence-corrected chi connectivity index (χ0v) is 26.2. The van der Waals surface area contributed by atoms with Gasteiger partial charge < -0.3 is 15.7 Å². The Morgan fingerprint density at radius 3 is 2.44 bits per heavy atom. The fraction of sp³-hybridized carbons (Fsp3) is 0.710. The molecule has 232 valence electrons. The minimum atomic E-state index is -2.95. The summed E-state index contributed by atoms with van der Waals surface area (Å²) in [6, 6.07) is -0.476. The van der Waals surface area contributed by atoms with E-state index in [1.807, 2.05) is 25.2 Å². The van der Waals surface area contributed by atoms with Gasteiger partial charge in [0.25, 0.3) is 7.72 Å². The number of carbonyl (C=O) groups is 3. The van der Waals surface area contributed by atoms with Gasteiger partial charge in [-0.25, -0.2) is 9.79 Å². The number of hydrogen-bond acceptors (Lipinski definition) is 7. The van der Waals surface area contributed by atoms with Gasteiger partial charge in [0, 0.05) is 38.3 Å². The van der Waals surface area contributed by atoms with Crippen molar-refractivity contribution in [2.45, 2.75) is 122 Å². The summed E-state index contributed by atoms with van der Waals surface area (Å²) in [4.78, 5) is 58.3. The van der Waals surface area contributed by atoms with E-state index in [1.54, 1.807) is 11.9 Å². The second-order valence-electron chi connectivity index (χ2n) is 12.0. The fourth-order valence-electron chi connectivity index (χ4n) is 5.67. The lowest BCUT2D eigenvalue weighted by atomic mass is 9.92. The fourth-order valence-corrected chi connectivity index (χ4v) is 6.49. The van der Waals surface area contributed by atoms with E-state index in [2.05, 4.69) is 5.32 Å². The van der Waals surface area contributed by atoms with Crippen molar-refractivity contribution in [3.05, 3.63) is 35.2 Å². The van der Waals surface area contributed by atoms with Gasteiger partial charge in [0.2, 0.25) is 11.8 Å². The molecule has 2 rings (SSSR count). The minimum absolute atomic E-state index is 0.0284. The highest BCUT2D eigenvalue weighted by atomic mass is 31.2. The summed E-state index contributed by atoms with van der Waals surface area (Å²) < 4.78 is 0. The maximum Gasteiger partial charge on any atom is 0.290 e. The van der Waals surface area contributed by atoms with E-state index in [4.69, 9.17) is 5.73 Å². The van der Waals surface area contributed by atoms with Gasteiger partial charge in [0.15, 0.2) is 0 Å². The van der Waals surface area contributed by atoms with E-state index in [0.717, 1.165) is 49.7 Å². The molecule has 4 unspecified atom stereocenters. The molecule has 4 atom stereocenters. The van der Waals surface area contributed by atoms with Crippen molar-refractivity contribution in [2.75, 3.05) is 13.7 Å². The number of nitrogens with one attached hydrogen (secondary N) is 1. The van der Waals surface area contributed by atoms with E-state index >= 15 is 0 Å². The van der Waals surface area contributed by atoms with Gasteiger partial charge in [-0.3, -0.25) is 19.7 Å². The molecule has 0 aromatic carbocycles. The van der Waals surface area contributed by atoms with Gasteiger partial charge in [0.05, 0.1) is 6.04 Å². The Hall–Kier alpha value is -1.90. The number of allylic oxidation sites excluding steroid dienone is 5. The lowest BCUT2D eigenvalue weighted by molar-refractivity contribution is -0.140. The summed E-state index contributed by atoms with van der Waals surface area (Å²) in [6.07, 6.45) is 15.9. The summed E-state index contributed by atoms with van der Waals surface area (Å²) in [6.45, 7) is 3.33. The van der Waals surface area contributed by atoms with Crippen LogP contribution in [0.1, 0.15) is 103 Å². The highest BCUT2D eigenvalue weighted by Gasteiger charge is 2.32. The molecule has 0 bridgehead atoms. The van der Waals surface area contributed by atoms with Crippen LogP contribution in [0.25, 0.3) is 0 Å². The predicted molar refractivity (Wildman–Crippen MR) is 165 cm³/mol. The molecule has 2 aliphatic rings. The molecule has 0 spiro atoms. The Bertz CT molecular complexity index is 958. The smallest absolute Gasteiger partial charge is 0.290 e. The number of ketones is 1. The molecule has 0 radical (unpaired) electrons. The molecule has 0 aromatic rings. The van der Waals surface area contributed by atoms with E-state index < -0.39 is 13.9 Å². The van der Waals surface area contributed by atoms with Gasteiger partial charge in [-0.2, -0.15) is 0 Å². The molecular weight excluding hydrogens is 541 g/mol. The Kier molecular flexibility index (Phi) is 15.4. The number of Topliss-reactive ketones (excluding diaryl/α,β-unsaturated/α-hetero) is 1. The molecule has 1 fully saturated rings. The standard InChI is InChI=1S/C31H52N3O6P/c1-23(14-21-29(32)36)33-30(37)28-13-8-6-4-5-7-10-26(31(38)34(28)2)11-9-12-27(35)20-19-24-15-17-25(18-16-24)22-41(3,39)40/h15-17,22-23,26,28,30,33,37,39-40H,4-14,18-21H2,1-3H3,(H-,32,36)/p+1/b25-22-. The number of likely N-dealkylation sites (N-methyl/N-ethyl adjacent to an activating group) is 1. The van der Waals surface area contributed by atoms with Crippen molar-refractivity contribution in [3.63, 3.8) is 0 Å². The summed E-state index contributed by atoms with van der Waals surface area (Å²) in [5.41, 5.74) is 7.22. The summed E-state index contributed by atoms with van der Waals surface area (Å²) in [7, 11) is -1.18. The van der Waals surface area contributed by atoms with Crippen LogP contribution < -0.4 is 11.1 Å². The molecule has 2 amide bonds. The van der Waals surface area contributed by atoms with Crippen molar-refractivity contribution in [1.29, 1.82) is 0 Å². The monoisotopic (exact) mass is 594 g/mol. The van der Waals surface area contributed by atoms with E-state index in [0.29, 0.717) is 51.4 Å². The summed E-state index contributed by atoms with van der Waals surface area (Å²) >= 11 is 0. The molecule has 1 aliphatic carbocycles. The Morgan fingerprint density at radius 2 is 1.80 bits per heavy atom. The first-order valence-electron chi connectivity index (χ1n) is 15.3. The molecule has 9 nitrogen and oxygen atoms in total. The first kappa shape index (κ1) is 35.3. The number of nitrogens with two attached hydrogens (primary N) is 1. The summed E-state index contributed by atoms with van der Waals surface area (Å²) in [5.74, 6) is 1.19. The number of amides is 2. The number of carbonyl (C=O) groups excluding carboxylic acids is 3. The maximum absolute atomic E-state index is 13.6. The predicted octanol–water partition coefficient (Wildman–Crippen LogP) is 4.49. The van der Waals surface area contributed by atoms with Crippen LogP contribution in [0.4, 0.5) is 0 Å². The molecule has 10 heteroatoms. The maximum atomic E-state index is 13.6. The molecule has 41 heavy (non-hydrogen) atoms. The van der Waals surface area contributed by atoms with Crippen LogP contribution >= 0.6 is 7.72 Å². The lowest BCUT2D eigenvalue weighted by Crippen LogP contribution is -2.54. The third-order valence-corrected chi connectivity index (χ3v) is 8.93. The molecule has 0 aromatic heterocycles. The number of aliphatic hydroxyl groups is 1. The van der Waals surface area contributed by atoms with Gasteiger partial charge >= 0.3 is 0 Å². The van der Waals surface area contributed by atoms with Gasteiger partial charge in [-0.1, -0.05) is 55.9 Å². The molecule has 1 heterocycles. The van der Waals surface area contributed by atoms with Crippen LogP contribution in [-0.4, -0.2) is 69.4 Å². The molecule has 6 N–H and O–H groups in total. The lowest BCUT2D eigenvalue weighted by Gasteiger charge is -2.36. The number of nitrogens with zero attached hydrogens (tertiary/aromatic N) is 1. The third-order valence-electron chi connectivity index (χ3n) is 8.11. The first-order chi connectivity index (χ1) is 19.4. The van der Waals surface area contributed by atoms with Crippen molar-refractivity contribution >= 4 is 25.3 Å². The molecular formula is C31H53N3O6P+. The van der Waals surface area contributed by atoms with Crippen molar-refractivity contribution in [2.24, 2.45) is 11.7 Å². The van der Waals surface area contributed by atoms with Crippen molar-refractivity contribution in [1.82, 2.24) is 10.2 Å². The minimum Gasteiger partial charge on any atom is -0.376 e. The Morgan fingerprint density at radius 1 is 1.12 bits per heavy atom. The number of primary amides is 1. The van der Waals surface area contributed by atoms with Crippen LogP contribution in [-0.2, 0) is 14.4 Å². The first-order valence-corrected chi connectivity index (χ1v) is 17.5. The van der Waals surface area contributed by atoms with Crippen LogP contribution in [0.15, 0.2) is 35.2 Å². The normalized spacial score (nSPS) is 23.6. The molecule has 1 aliphatic heterocycles. The van der Waals surface area contributed by atoms with Crippen molar-refractivity contribution in [3.8, 4) is 0 Å². The van der Waals surface area contributed by atoms with Crippen molar-refractivity contribution < 1.29 is 29.3 Å². The SMILES string of the molecule is CC(CCC(N)=O)NC(O)C1CCCCCCCC(CCCC(=O)CCC2=CC/C(=C\[P+](C)(O)O)C=C2)C(=O)N1C. The van der Waals surface area contributed by atoms with E-state index in [-0.39, 0.29) is 42.0 Å². The highest BCUT2D eigenvalue weighted by Crippen LogP contribution is 2.48. The largest absolute Gasteiger partial charge is 0.376 e. The second kappa shape index (κ2) is 17.9. The van der Waals surface area contributed by atoms with Gasteiger partial charge in [-0.05, 0) is 57.4 Å². The van der Waals surface area contributed by atoms with Crippen LogP contribution in [0.2, 0.25) is 0 Å². The quantitative estimate of drug-likeness (QED) is 0.147. The Balaban J connectivity index is 1.88.